The standard InChI is InChI=1S/C38H38N2O6S2/c1-4-39(26-29-11-8-10-28(3)24-29)33-20-16-31(17-21-33)38(36-14-6-7-15-37(36)48(44,45)46)32-18-22-34(23-19-32)40(5-2)27-30-12-9-13-35(25-30)47(41,42)43/h6-25H,4-5,26-27H2,1-3H3,(H-,41,42,43,44,45,46). The summed E-state index contributed by atoms with van der Waals surface area (Å²) in [5, 5.41) is 0. The molecule has 0 atom stereocenters. The monoisotopic (exact) mass is 682 g/mol. The van der Waals surface area contributed by atoms with Crippen molar-refractivity contribution in [3.8, 4) is 0 Å². The quantitative estimate of drug-likeness (QED) is 0.137. The Morgan fingerprint density at radius 1 is 0.792 bits per heavy atom. The summed E-state index contributed by atoms with van der Waals surface area (Å²) in [4.78, 5) is 1.58. The normalized spacial score (nSPS) is 13.1. The molecule has 0 aliphatic heterocycles. The minimum absolute atomic E-state index is 0.189. The van der Waals surface area contributed by atoms with Crippen LogP contribution < -0.4 is 4.90 Å². The van der Waals surface area contributed by atoms with E-state index in [-0.39, 0.29) is 9.79 Å². The topological polar surface area (TPSA) is 118 Å². The van der Waals surface area contributed by atoms with E-state index in [1.54, 1.807) is 30.3 Å². The third kappa shape index (κ3) is 8.26. The lowest BCUT2D eigenvalue weighted by Crippen LogP contribution is -2.22. The SMILES string of the molecule is CCN(Cc1cccc(S(=O)(=O)[O-])c1)c1ccc(C(=C2C=CC(=[N+](CC)Cc3cccc(C)c3)C=C2)c2ccccc2S(=O)(=O)O)cc1. The molecule has 8 nitrogen and oxygen atoms in total. The van der Waals surface area contributed by atoms with Crippen LogP contribution in [-0.2, 0) is 33.3 Å². The molecule has 5 rings (SSSR count). The van der Waals surface area contributed by atoms with Crippen molar-refractivity contribution in [1.29, 1.82) is 0 Å². The molecule has 248 valence electrons. The van der Waals surface area contributed by atoms with Crippen molar-refractivity contribution in [2.75, 3.05) is 18.0 Å². The minimum atomic E-state index is -4.57. The van der Waals surface area contributed by atoms with Crippen molar-refractivity contribution in [1.82, 2.24) is 0 Å². The molecule has 4 aromatic rings. The predicted molar refractivity (Wildman–Crippen MR) is 189 cm³/mol. The molecule has 0 fully saturated rings. The lowest BCUT2D eigenvalue weighted by molar-refractivity contribution is -0.539. The molecule has 0 aromatic heterocycles. The molecule has 0 saturated carbocycles. The molecule has 0 saturated heterocycles. The van der Waals surface area contributed by atoms with Crippen molar-refractivity contribution < 1.29 is 30.5 Å². The number of anilines is 1. The number of nitrogens with zero attached hydrogens (tertiary/aromatic N) is 2. The Kier molecular flexibility index (Phi) is 10.6. The highest BCUT2D eigenvalue weighted by molar-refractivity contribution is 7.86. The summed E-state index contributed by atoms with van der Waals surface area (Å²) in [5.41, 5.74) is 7.48. The van der Waals surface area contributed by atoms with E-state index in [1.807, 2.05) is 60.4 Å². The van der Waals surface area contributed by atoms with Crippen LogP contribution in [0.5, 0.6) is 0 Å². The molecule has 0 amide bonds. The fourth-order valence-electron chi connectivity index (χ4n) is 5.88. The molecule has 48 heavy (non-hydrogen) atoms. The Morgan fingerprint density at radius 2 is 1.46 bits per heavy atom. The summed E-state index contributed by atoms with van der Waals surface area (Å²) in [7, 11) is -9.11. The van der Waals surface area contributed by atoms with Gasteiger partial charge in [-0.15, -0.1) is 0 Å². The van der Waals surface area contributed by atoms with Crippen molar-refractivity contribution in [3.63, 3.8) is 0 Å². The molecule has 0 radical (unpaired) electrons. The van der Waals surface area contributed by atoms with E-state index in [0.29, 0.717) is 29.8 Å². The van der Waals surface area contributed by atoms with Crippen LogP contribution in [0, 0.1) is 6.92 Å². The van der Waals surface area contributed by atoms with Crippen molar-refractivity contribution >= 4 is 37.2 Å². The van der Waals surface area contributed by atoms with Crippen LogP contribution in [0.15, 0.2) is 137 Å². The molecule has 1 aliphatic carbocycles. The van der Waals surface area contributed by atoms with Crippen LogP contribution in [-0.4, -0.2) is 49.3 Å². The first kappa shape index (κ1) is 34.7. The Balaban J connectivity index is 1.54. The third-order valence-corrected chi connectivity index (χ3v) is 10.00. The second kappa shape index (κ2) is 14.7. The van der Waals surface area contributed by atoms with Gasteiger partial charge in [0.05, 0.1) is 4.90 Å². The van der Waals surface area contributed by atoms with E-state index < -0.39 is 20.2 Å². The summed E-state index contributed by atoms with van der Waals surface area (Å²) in [6, 6.07) is 28.4. The smallest absolute Gasteiger partial charge is 0.295 e. The summed E-state index contributed by atoms with van der Waals surface area (Å²) >= 11 is 0. The van der Waals surface area contributed by atoms with Crippen LogP contribution >= 0.6 is 0 Å². The van der Waals surface area contributed by atoms with Gasteiger partial charge >= 0.3 is 0 Å². The number of allylic oxidation sites excluding steroid dienone is 5. The molecule has 0 heterocycles. The van der Waals surface area contributed by atoms with Crippen molar-refractivity contribution in [2.45, 2.75) is 43.7 Å². The van der Waals surface area contributed by atoms with Gasteiger partial charge < -0.3 is 9.45 Å². The zero-order valence-corrected chi connectivity index (χ0v) is 28.7. The molecule has 1 N–H and O–H groups in total. The van der Waals surface area contributed by atoms with Gasteiger partial charge in [0, 0.05) is 42.1 Å². The van der Waals surface area contributed by atoms with Crippen molar-refractivity contribution in [2.24, 2.45) is 0 Å². The van der Waals surface area contributed by atoms with Crippen LogP contribution in [0.25, 0.3) is 5.57 Å². The fourth-order valence-corrected chi connectivity index (χ4v) is 7.12. The summed E-state index contributed by atoms with van der Waals surface area (Å²) in [6.45, 7) is 8.67. The van der Waals surface area contributed by atoms with Crippen LogP contribution in [0.3, 0.4) is 0 Å². The van der Waals surface area contributed by atoms with Gasteiger partial charge in [0.15, 0.2) is 12.3 Å². The first-order chi connectivity index (χ1) is 22.9. The lowest BCUT2D eigenvalue weighted by atomic mass is 9.90. The Hall–Kier alpha value is -4.61. The summed E-state index contributed by atoms with van der Waals surface area (Å²) in [6.07, 6.45) is 7.98. The molecule has 1 aliphatic rings. The van der Waals surface area contributed by atoms with Gasteiger partial charge in [0.25, 0.3) is 10.1 Å². The van der Waals surface area contributed by atoms with Gasteiger partial charge in [-0.25, -0.2) is 13.0 Å². The van der Waals surface area contributed by atoms with Gasteiger partial charge in [-0.3, -0.25) is 4.55 Å². The molecular formula is C38H38N2O6S2. The van der Waals surface area contributed by atoms with Crippen LogP contribution in [0.4, 0.5) is 5.69 Å². The van der Waals surface area contributed by atoms with E-state index >= 15 is 0 Å². The Morgan fingerprint density at radius 3 is 2.08 bits per heavy atom. The average Bonchev–Trinajstić information content (AvgIpc) is 3.06. The highest BCUT2D eigenvalue weighted by Gasteiger charge is 2.22. The van der Waals surface area contributed by atoms with Crippen LogP contribution in [0.2, 0.25) is 0 Å². The van der Waals surface area contributed by atoms with Gasteiger partial charge in [-0.2, -0.15) is 8.42 Å². The Labute approximate surface area is 283 Å². The van der Waals surface area contributed by atoms with E-state index in [0.717, 1.165) is 35.6 Å². The molecule has 0 spiro atoms. The first-order valence-electron chi connectivity index (χ1n) is 15.6. The molecule has 4 aromatic carbocycles. The zero-order valence-electron chi connectivity index (χ0n) is 27.1. The second-order valence-electron chi connectivity index (χ2n) is 11.6. The molecule has 0 unspecified atom stereocenters. The van der Waals surface area contributed by atoms with Crippen molar-refractivity contribution in [3.05, 3.63) is 155 Å². The molecule has 10 heteroatoms. The number of aryl methyl sites for hydroxylation is 1. The van der Waals surface area contributed by atoms with E-state index in [9.17, 15) is 25.9 Å². The van der Waals surface area contributed by atoms with Gasteiger partial charge in [0.2, 0.25) is 0 Å². The van der Waals surface area contributed by atoms with E-state index in [1.165, 1.54) is 29.3 Å². The van der Waals surface area contributed by atoms with E-state index in [2.05, 4.69) is 42.7 Å². The maximum Gasteiger partial charge on any atom is 0.295 e. The average molecular weight is 683 g/mol. The minimum Gasteiger partial charge on any atom is -0.744 e. The highest BCUT2D eigenvalue weighted by Crippen LogP contribution is 2.35. The predicted octanol–water partition coefficient (Wildman–Crippen LogP) is 6.77. The Bertz CT molecular complexity index is 2150. The first-order valence-corrected chi connectivity index (χ1v) is 18.5. The lowest BCUT2D eigenvalue weighted by Gasteiger charge is -2.24. The number of hydrogen-bond acceptors (Lipinski definition) is 6. The molecule has 0 bridgehead atoms. The second-order valence-corrected chi connectivity index (χ2v) is 14.3. The van der Waals surface area contributed by atoms with Gasteiger partial charge in [-0.1, -0.05) is 66.2 Å². The number of rotatable bonds is 11. The number of benzene rings is 4. The maximum atomic E-state index is 12.5. The van der Waals surface area contributed by atoms with Gasteiger partial charge in [0.1, 0.15) is 21.6 Å². The van der Waals surface area contributed by atoms with Crippen LogP contribution in [0.1, 0.15) is 41.7 Å². The number of hydrogen-bond donors (Lipinski definition) is 1. The van der Waals surface area contributed by atoms with E-state index in [4.69, 9.17) is 0 Å². The summed E-state index contributed by atoms with van der Waals surface area (Å²) < 4.78 is 72.1. The maximum absolute atomic E-state index is 12.5. The summed E-state index contributed by atoms with van der Waals surface area (Å²) in [5.74, 6) is 0. The van der Waals surface area contributed by atoms with Gasteiger partial charge in [-0.05, 0) is 91.6 Å². The zero-order chi connectivity index (χ0) is 34.5. The highest BCUT2D eigenvalue weighted by atomic mass is 32.2. The largest absolute Gasteiger partial charge is 0.744 e. The third-order valence-electron chi connectivity index (χ3n) is 8.26. The molecular weight excluding hydrogens is 645 g/mol. The fraction of sp³-hybridized carbons (Fsp3) is 0.184.